The minimum absolute atomic E-state index is 0.313. The smallest absolute Gasteiger partial charge is 0.138 e. The van der Waals surface area contributed by atoms with E-state index in [9.17, 15) is 4.39 Å². The summed E-state index contributed by atoms with van der Waals surface area (Å²) in [7, 11) is 1.53. The first-order valence-electron chi connectivity index (χ1n) is 8.76. The Morgan fingerprint density at radius 2 is 1.67 bits per heavy atom. The van der Waals surface area contributed by atoms with Gasteiger partial charge in [0.05, 0.1) is 24.0 Å². The standard InChI is InChI=1S/C22H13BrCl2FN3O/c1-30-14-10-16(25)21(27-11-14)19-18(12-6-8-13(24)9-7-12)20(28-29-22(19)23)15-4-2-3-5-17(15)26/h2-11H,1H3. The number of aromatic nitrogens is 3. The molecule has 0 bridgehead atoms. The van der Waals surface area contributed by atoms with E-state index in [1.54, 1.807) is 42.6 Å². The molecule has 0 aliphatic carbocycles. The van der Waals surface area contributed by atoms with Gasteiger partial charge >= 0.3 is 0 Å². The summed E-state index contributed by atoms with van der Waals surface area (Å²) in [6.45, 7) is 0. The molecule has 0 spiro atoms. The molecule has 0 radical (unpaired) electrons. The van der Waals surface area contributed by atoms with Crippen LogP contribution in [0.1, 0.15) is 0 Å². The zero-order valence-corrected chi connectivity index (χ0v) is 18.6. The summed E-state index contributed by atoms with van der Waals surface area (Å²) < 4.78 is 20.3. The van der Waals surface area contributed by atoms with Crippen molar-refractivity contribution in [2.45, 2.75) is 0 Å². The molecule has 4 nitrogen and oxygen atoms in total. The van der Waals surface area contributed by atoms with Gasteiger partial charge in [-0.05, 0) is 45.8 Å². The number of benzene rings is 2. The third-order valence-corrected chi connectivity index (χ3v) is 5.58. The summed E-state index contributed by atoms with van der Waals surface area (Å²) in [5, 5.41) is 9.43. The van der Waals surface area contributed by atoms with Crippen molar-refractivity contribution in [1.29, 1.82) is 0 Å². The Kier molecular flexibility index (Phi) is 5.99. The Bertz CT molecular complexity index is 1240. The molecule has 4 rings (SSSR count). The molecule has 0 N–H and O–H groups in total. The van der Waals surface area contributed by atoms with Gasteiger partial charge in [0, 0.05) is 27.8 Å². The first-order chi connectivity index (χ1) is 14.5. The lowest BCUT2D eigenvalue weighted by Gasteiger charge is -2.16. The van der Waals surface area contributed by atoms with Gasteiger partial charge in [-0.3, -0.25) is 4.98 Å². The summed E-state index contributed by atoms with van der Waals surface area (Å²) in [5.41, 5.74) is 3.10. The summed E-state index contributed by atoms with van der Waals surface area (Å²) in [5.74, 6) is 0.105. The van der Waals surface area contributed by atoms with Crippen LogP contribution in [-0.4, -0.2) is 22.3 Å². The average molecular weight is 505 g/mol. The maximum atomic E-state index is 14.7. The third kappa shape index (κ3) is 3.90. The van der Waals surface area contributed by atoms with Gasteiger partial charge in [-0.15, -0.1) is 10.2 Å². The fraction of sp³-hybridized carbons (Fsp3) is 0.0455. The van der Waals surface area contributed by atoms with E-state index in [2.05, 4.69) is 31.1 Å². The normalized spacial score (nSPS) is 10.8. The van der Waals surface area contributed by atoms with Crippen molar-refractivity contribution in [3.63, 3.8) is 0 Å². The lowest BCUT2D eigenvalue weighted by atomic mass is 9.94. The summed E-state index contributed by atoms with van der Waals surface area (Å²) >= 11 is 16.1. The first kappa shape index (κ1) is 20.7. The molecular formula is C22H13BrCl2FN3O. The largest absolute Gasteiger partial charge is 0.495 e. The van der Waals surface area contributed by atoms with E-state index in [4.69, 9.17) is 27.9 Å². The molecule has 0 fully saturated rings. The second-order valence-corrected chi connectivity index (χ2v) is 7.88. The zero-order valence-electron chi connectivity index (χ0n) is 15.5. The lowest BCUT2D eigenvalue weighted by Crippen LogP contribution is -2.01. The van der Waals surface area contributed by atoms with E-state index in [0.717, 1.165) is 5.56 Å². The number of hydrogen-bond donors (Lipinski definition) is 0. The Balaban J connectivity index is 2.08. The molecule has 0 atom stereocenters. The van der Waals surface area contributed by atoms with Crippen LogP contribution in [0.15, 0.2) is 65.4 Å². The van der Waals surface area contributed by atoms with Crippen LogP contribution in [0.5, 0.6) is 5.75 Å². The third-order valence-electron chi connectivity index (χ3n) is 4.48. The number of nitrogens with zero attached hydrogens (tertiary/aromatic N) is 3. The number of pyridine rings is 1. The fourth-order valence-electron chi connectivity index (χ4n) is 3.09. The minimum Gasteiger partial charge on any atom is -0.495 e. The van der Waals surface area contributed by atoms with Gasteiger partial charge in [-0.1, -0.05) is 47.5 Å². The maximum Gasteiger partial charge on any atom is 0.138 e. The molecule has 2 aromatic heterocycles. The van der Waals surface area contributed by atoms with Gasteiger partial charge in [-0.25, -0.2) is 4.39 Å². The van der Waals surface area contributed by atoms with Gasteiger partial charge in [0.15, 0.2) is 0 Å². The molecule has 30 heavy (non-hydrogen) atoms. The molecule has 8 heteroatoms. The van der Waals surface area contributed by atoms with Crippen LogP contribution in [0.4, 0.5) is 4.39 Å². The number of methoxy groups -OCH3 is 1. The topological polar surface area (TPSA) is 47.9 Å². The zero-order chi connectivity index (χ0) is 21.3. The Hall–Kier alpha value is -2.54. The predicted octanol–water partition coefficient (Wildman–Crippen LogP) is 7.09. The number of halogens is 4. The van der Waals surface area contributed by atoms with Gasteiger partial charge in [0.25, 0.3) is 0 Å². The molecule has 0 amide bonds. The Morgan fingerprint density at radius 3 is 2.33 bits per heavy atom. The van der Waals surface area contributed by atoms with Crippen molar-refractivity contribution in [2.75, 3.05) is 7.11 Å². The molecular weight excluding hydrogens is 492 g/mol. The average Bonchev–Trinajstić information content (AvgIpc) is 2.75. The molecule has 2 heterocycles. The first-order valence-corrected chi connectivity index (χ1v) is 10.3. The van der Waals surface area contributed by atoms with Crippen molar-refractivity contribution in [3.8, 4) is 39.4 Å². The molecule has 0 saturated heterocycles. The molecule has 150 valence electrons. The molecule has 0 saturated carbocycles. The van der Waals surface area contributed by atoms with Gasteiger partial charge < -0.3 is 4.74 Å². The van der Waals surface area contributed by atoms with E-state index in [1.807, 2.05) is 12.1 Å². The van der Waals surface area contributed by atoms with Crippen LogP contribution < -0.4 is 4.74 Å². The highest BCUT2D eigenvalue weighted by Gasteiger charge is 2.24. The monoisotopic (exact) mass is 503 g/mol. The summed E-state index contributed by atoms with van der Waals surface area (Å²) in [4.78, 5) is 4.47. The van der Waals surface area contributed by atoms with Crippen LogP contribution in [0.2, 0.25) is 10.0 Å². The van der Waals surface area contributed by atoms with Crippen molar-refractivity contribution < 1.29 is 9.13 Å². The fourth-order valence-corrected chi connectivity index (χ4v) is 3.93. The number of rotatable bonds is 4. The van der Waals surface area contributed by atoms with Crippen molar-refractivity contribution in [3.05, 3.63) is 81.3 Å². The van der Waals surface area contributed by atoms with Crippen LogP contribution in [-0.2, 0) is 0 Å². The SMILES string of the molecule is COc1cnc(-c2c(Br)nnc(-c3ccccc3F)c2-c2ccc(Cl)cc2)c(Cl)c1. The van der Waals surface area contributed by atoms with E-state index in [0.29, 0.717) is 48.5 Å². The second kappa shape index (κ2) is 8.68. The van der Waals surface area contributed by atoms with Crippen LogP contribution in [0.25, 0.3) is 33.6 Å². The highest BCUT2D eigenvalue weighted by molar-refractivity contribution is 9.10. The van der Waals surface area contributed by atoms with Gasteiger partial charge in [0.1, 0.15) is 21.9 Å². The summed E-state index contributed by atoms with van der Waals surface area (Å²) in [6.07, 6.45) is 1.56. The molecule has 0 aliphatic rings. The highest BCUT2D eigenvalue weighted by Crippen LogP contribution is 2.44. The summed E-state index contributed by atoms with van der Waals surface area (Å²) in [6, 6.07) is 15.2. The Morgan fingerprint density at radius 1 is 0.933 bits per heavy atom. The molecule has 0 unspecified atom stereocenters. The number of hydrogen-bond acceptors (Lipinski definition) is 4. The second-order valence-electron chi connectivity index (χ2n) is 6.28. The van der Waals surface area contributed by atoms with E-state index in [1.165, 1.54) is 13.2 Å². The Labute approximate surface area is 190 Å². The van der Waals surface area contributed by atoms with Gasteiger partial charge in [0.2, 0.25) is 0 Å². The molecule has 2 aromatic carbocycles. The number of ether oxygens (including phenoxy) is 1. The van der Waals surface area contributed by atoms with Crippen LogP contribution in [0.3, 0.4) is 0 Å². The maximum absolute atomic E-state index is 14.7. The minimum atomic E-state index is -0.413. The molecule has 4 aromatic rings. The van der Waals surface area contributed by atoms with Crippen LogP contribution in [0, 0.1) is 5.82 Å². The van der Waals surface area contributed by atoms with E-state index < -0.39 is 5.82 Å². The van der Waals surface area contributed by atoms with Crippen LogP contribution >= 0.6 is 39.1 Å². The van der Waals surface area contributed by atoms with Gasteiger partial charge in [-0.2, -0.15) is 0 Å². The highest BCUT2D eigenvalue weighted by atomic mass is 79.9. The van der Waals surface area contributed by atoms with Crippen molar-refractivity contribution in [2.24, 2.45) is 0 Å². The van der Waals surface area contributed by atoms with E-state index in [-0.39, 0.29) is 0 Å². The van der Waals surface area contributed by atoms with E-state index >= 15 is 0 Å². The predicted molar refractivity (Wildman–Crippen MR) is 120 cm³/mol. The lowest BCUT2D eigenvalue weighted by molar-refractivity contribution is 0.413. The molecule has 0 aliphatic heterocycles. The van der Waals surface area contributed by atoms with Crippen molar-refractivity contribution in [1.82, 2.24) is 15.2 Å². The quantitative estimate of drug-likeness (QED) is 0.297. The van der Waals surface area contributed by atoms with Crippen molar-refractivity contribution >= 4 is 39.1 Å².